The molecule has 1 heterocycles. The van der Waals surface area contributed by atoms with E-state index >= 15 is 0 Å². The standard InChI is InChI=1S/C19H38N2.H2/c1-4-7-18(8-5-2)9-11-19(12-10-18)13-16-21(17-19)15-6-14-20-3;/h20H,4-17H2,1-3H3;1H. The zero-order chi connectivity index (χ0) is 15.2. The summed E-state index contributed by atoms with van der Waals surface area (Å²) in [5.74, 6) is 0. The molecule has 2 fully saturated rings. The molecule has 1 saturated heterocycles. The third-order valence-corrected chi connectivity index (χ3v) is 6.35. The van der Waals surface area contributed by atoms with Gasteiger partial charge in [0.25, 0.3) is 0 Å². The van der Waals surface area contributed by atoms with Crippen LogP contribution < -0.4 is 5.32 Å². The van der Waals surface area contributed by atoms with Crippen LogP contribution in [0.4, 0.5) is 0 Å². The van der Waals surface area contributed by atoms with Gasteiger partial charge in [0.1, 0.15) is 0 Å². The van der Waals surface area contributed by atoms with E-state index in [0.29, 0.717) is 10.8 Å². The van der Waals surface area contributed by atoms with Crippen LogP contribution in [0.2, 0.25) is 0 Å². The third kappa shape index (κ3) is 4.45. The molecule has 1 N–H and O–H groups in total. The molecule has 21 heavy (non-hydrogen) atoms. The molecule has 1 saturated carbocycles. The monoisotopic (exact) mass is 296 g/mol. The lowest BCUT2D eigenvalue weighted by Crippen LogP contribution is -2.36. The molecule has 126 valence electrons. The number of hydrogen-bond donors (Lipinski definition) is 1. The van der Waals surface area contributed by atoms with E-state index in [2.05, 4.69) is 31.1 Å². The van der Waals surface area contributed by atoms with Gasteiger partial charge in [-0.3, -0.25) is 0 Å². The highest BCUT2D eigenvalue weighted by Gasteiger charge is 2.44. The van der Waals surface area contributed by atoms with Crippen LogP contribution >= 0.6 is 0 Å². The first-order valence-electron chi connectivity index (χ1n) is 9.54. The van der Waals surface area contributed by atoms with Gasteiger partial charge in [0.15, 0.2) is 0 Å². The van der Waals surface area contributed by atoms with E-state index in [0.717, 1.165) is 0 Å². The quantitative estimate of drug-likeness (QED) is 0.653. The fourth-order valence-corrected chi connectivity index (χ4v) is 5.10. The highest BCUT2D eigenvalue weighted by Crippen LogP contribution is 2.53. The zero-order valence-electron chi connectivity index (χ0n) is 14.8. The zero-order valence-corrected chi connectivity index (χ0v) is 14.8. The van der Waals surface area contributed by atoms with Gasteiger partial charge in [-0.25, -0.2) is 0 Å². The summed E-state index contributed by atoms with van der Waals surface area (Å²) in [4.78, 5) is 2.74. The summed E-state index contributed by atoms with van der Waals surface area (Å²) in [6, 6.07) is 0. The highest BCUT2D eigenvalue weighted by molar-refractivity contribution is 4.97. The van der Waals surface area contributed by atoms with Crippen molar-refractivity contribution in [1.29, 1.82) is 0 Å². The normalized spacial score (nSPS) is 24.7. The SMILES string of the molecule is CCCC1(CCC)CCC2(CCN(CCCNC)C2)CC1.[HH]. The van der Waals surface area contributed by atoms with Gasteiger partial charge in [-0.1, -0.05) is 26.7 Å². The molecule has 0 unspecified atom stereocenters. The van der Waals surface area contributed by atoms with Crippen molar-refractivity contribution in [2.75, 3.05) is 33.2 Å². The second-order valence-corrected chi connectivity index (χ2v) is 7.98. The summed E-state index contributed by atoms with van der Waals surface area (Å²) in [6.45, 7) is 9.97. The molecule has 0 aromatic rings. The van der Waals surface area contributed by atoms with E-state index in [4.69, 9.17) is 0 Å². The third-order valence-electron chi connectivity index (χ3n) is 6.35. The van der Waals surface area contributed by atoms with Crippen molar-refractivity contribution >= 4 is 0 Å². The van der Waals surface area contributed by atoms with E-state index in [1.54, 1.807) is 0 Å². The van der Waals surface area contributed by atoms with Crippen LogP contribution in [0.3, 0.4) is 0 Å². The number of nitrogens with one attached hydrogen (secondary N) is 1. The van der Waals surface area contributed by atoms with Gasteiger partial charge in [-0.15, -0.1) is 0 Å². The molecule has 1 spiro atoms. The minimum atomic E-state index is 0. The second-order valence-electron chi connectivity index (χ2n) is 7.98. The molecule has 2 nitrogen and oxygen atoms in total. The molecule has 0 bridgehead atoms. The van der Waals surface area contributed by atoms with Crippen molar-refractivity contribution < 1.29 is 1.43 Å². The average molecular weight is 297 g/mol. The Hall–Kier alpha value is -0.0800. The summed E-state index contributed by atoms with van der Waals surface area (Å²) >= 11 is 0. The Morgan fingerprint density at radius 2 is 1.67 bits per heavy atom. The first kappa shape index (κ1) is 17.3. The van der Waals surface area contributed by atoms with Crippen molar-refractivity contribution in [3.63, 3.8) is 0 Å². The Kier molecular flexibility index (Phi) is 6.55. The van der Waals surface area contributed by atoms with Crippen LogP contribution in [0.15, 0.2) is 0 Å². The Morgan fingerprint density at radius 3 is 2.24 bits per heavy atom. The second kappa shape index (κ2) is 7.97. The highest BCUT2D eigenvalue weighted by atomic mass is 15.2. The van der Waals surface area contributed by atoms with Gasteiger partial charge in [0.05, 0.1) is 0 Å². The molecular formula is C19H40N2. The minimum Gasteiger partial charge on any atom is -0.320 e. The lowest BCUT2D eigenvalue weighted by atomic mass is 9.60. The van der Waals surface area contributed by atoms with E-state index in [-0.39, 0.29) is 1.43 Å². The maximum atomic E-state index is 3.27. The maximum Gasteiger partial charge on any atom is 0.00385 e. The van der Waals surface area contributed by atoms with Crippen LogP contribution in [0.5, 0.6) is 0 Å². The fourth-order valence-electron chi connectivity index (χ4n) is 5.10. The van der Waals surface area contributed by atoms with Crippen LogP contribution in [0, 0.1) is 10.8 Å². The largest absolute Gasteiger partial charge is 0.320 e. The molecule has 2 rings (SSSR count). The van der Waals surface area contributed by atoms with Crippen LogP contribution in [-0.4, -0.2) is 38.1 Å². The van der Waals surface area contributed by atoms with E-state index < -0.39 is 0 Å². The lowest BCUT2D eigenvalue weighted by molar-refractivity contribution is 0.0647. The predicted molar refractivity (Wildman–Crippen MR) is 94.9 cm³/mol. The van der Waals surface area contributed by atoms with E-state index in [1.807, 2.05) is 0 Å². The Balaban J connectivity index is 0.00000242. The molecule has 1 aliphatic heterocycles. The molecule has 0 radical (unpaired) electrons. The molecule has 2 aliphatic rings. The van der Waals surface area contributed by atoms with Gasteiger partial charge in [0.2, 0.25) is 0 Å². The summed E-state index contributed by atoms with van der Waals surface area (Å²) in [6.07, 6.45) is 14.5. The molecule has 0 amide bonds. The van der Waals surface area contributed by atoms with Crippen molar-refractivity contribution in [3.05, 3.63) is 0 Å². The Labute approximate surface area is 134 Å². The van der Waals surface area contributed by atoms with Gasteiger partial charge >= 0.3 is 0 Å². The summed E-state index contributed by atoms with van der Waals surface area (Å²) < 4.78 is 0. The molecule has 0 aromatic carbocycles. The number of rotatable bonds is 8. The molecular weight excluding hydrogens is 256 g/mol. The summed E-state index contributed by atoms with van der Waals surface area (Å²) in [7, 11) is 2.06. The molecule has 1 aliphatic carbocycles. The molecule has 2 heteroatoms. The van der Waals surface area contributed by atoms with Crippen LogP contribution in [0.25, 0.3) is 0 Å². The van der Waals surface area contributed by atoms with Gasteiger partial charge in [-0.05, 0) is 88.9 Å². The predicted octanol–water partition coefficient (Wildman–Crippen LogP) is 4.69. The van der Waals surface area contributed by atoms with Crippen molar-refractivity contribution in [2.45, 2.75) is 78.1 Å². The number of likely N-dealkylation sites (tertiary alicyclic amines) is 1. The van der Waals surface area contributed by atoms with Gasteiger partial charge < -0.3 is 10.2 Å². The van der Waals surface area contributed by atoms with Gasteiger partial charge in [-0.2, -0.15) is 0 Å². The minimum absolute atomic E-state index is 0. The molecule has 0 atom stereocenters. The summed E-state index contributed by atoms with van der Waals surface area (Å²) in [5, 5.41) is 3.27. The van der Waals surface area contributed by atoms with E-state index in [9.17, 15) is 0 Å². The first-order valence-corrected chi connectivity index (χ1v) is 9.54. The number of nitrogens with zero attached hydrogens (tertiary/aromatic N) is 1. The first-order chi connectivity index (χ1) is 10.2. The van der Waals surface area contributed by atoms with Crippen LogP contribution in [0.1, 0.15) is 79.5 Å². The van der Waals surface area contributed by atoms with Crippen LogP contribution in [-0.2, 0) is 0 Å². The maximum absolute atomic E-state index is 3.27. The topological polar surface area (TPSA) is 15.3 Å². The van der Waals surface area contributed by atoms with Crippen molar-refractivity contribution in [2.24, 2.45) is 10.8 Å². The van der Waals surface area contributed by atoms with Gasteiger partial charge in [0, 0.05) is 7.97 Å². The smallest absolute Gasteiger partial charge is 0.00385 e. The lowest BCUT2D eigenvalue weighted by Gasteiger charge is -2.45. The van der Waals surface area contributed by atoms with Crippen molar-refractivity contribution in [3.8, 4) is 0 Å². The number of hydrogen-bond acceptors (Lipinski definition) is 2. The van der Waals surface area contributed by atoms with Crippen molar-refractivity contribution in [1.82, 2.24) is 10.2 Å². The Bertz CT molecular complexity index is 290. The van der Waals surface area contributed by atoms with E-state index in [1.165, 1.54) is 90.4 Å². The average Bonchev–Trinajstić information content (AvgIpc) is 2.87. The molecule has 0 aromatic heterocycles. The Morgan fingerprint density at radius 1 is 1.00 bits per heavy atom. The summed E-state index contributed by atoms with van der Waals surface area (Å²) in [5.41, 5.74) is 1.42. The fraction of sp³-hybridized carbons (Fsp3) is 1.00.